The molecule has 0 amide bonds. The van der Waals surface area contributed by atoms with Crippen molar-refractivity contribution in [1.82, 2.24) is 5.32 Å². The van der Waals surface area contributed by atoms with E-state index in [4.69, 9.17) is 4.74 Å². The van der Waals surface area contributed by atoms with E-state index in [1.165, 1.54) is 0 Å². The van der Waals surface area contributed by atoms with Crippen LogP contribution in [0.25, 0.3) is 0 Å². The largest absolute Gasteiger partial charge is 0.489 e. The summed E-state index contributed by atoms with van der Waals surface area (Å²) in [4.78, 5) is 12.1. The molecule has 2 rings (SSSR count). The molecule has 2 aromatic rings. The minimum absolute atomic E-state index is 0.0611. The highest BCUT2D eigenvalue weighted by molar-refractivity contribution is 5.97. The van der Waals surface area contributed by atoms with Crippen molar-refractivity contribution in [3.8, 4) is 5.75 Å². The molecule has 0 saturated carbocycles. The number of rotatable bonds is 6. The molecule has 0 radical (unpaired) electrons. The number of hydrogen-bond acceptors (Lipinski definition) is 3. The third kappa shape index (κ3) is 5.34. The van der Waals surface area contributed by atoms with Crippen LogP contribution >= 0.6 is 0 Å². The number of hydrogen-bond donors (Lipinski definition) is 1. The minimum atomic E-state index is -0.0611. The van der Waals surface area contributed by atoms with E-state index in [0.717, 1.165) is 11.3 Å². The van der Waals surface area contributed by atoms with Gasteiger partial charge in [0.25, 0.3) is 0 Å². The second-order valence-corrected chi connectivity index (χ2v) is 6.33. The molecule has 0 aliphatic heterocycles. The molecular weight excluding hydrogens is 274 g/mol. The van der Waals surface area contributed by atoms with Crippen molar-refractivity contribution in [3.05, 3.63) is 65.7 Å². The van der Waals surface area contributed by atoms with Crippen LogP contribution in [0.15, 0.2) is 54.6 Å². The molecule has 1 N–H and O–H groups in total. The molecule has 0 unspecified atom stereocenters. The Kier molecular flexibility index (Phi) is 5.34. The predicted molar refractivity (Wildman–Crippen MR) is 89.3 cm³/mol. The highest BCUT2D eigenvalue weighted by atomic mass is 16.5. The van der Waals surface area contributed by atoms with E-state index in [1.807, 2.05) is 75.4 Å². The van der Waals surface area contributed by atoms with Gasteiger partial charge in [0.1, 0.15) is 12.4 Å². The first-order valence-corrected chi connectivity index (χ1v) is 7.49. The maximum absolute atomic E-state index is 12.1. The highest BCUT2D eigenvalue weighted by Crippen LogP contribution is 2.14. The van der Waals surface area contributed by atoms with Crippen molar-refractivity contribution >= 4 is 5.78 Å². The monoisotopic (exact) mass is 297 g/mol. The van der Waals surface area contributed by atoms with E-state index in [-0.39, 0.29) is 11.3 Å². The Labute approximate surface area is 132 Å². The first-order chi connectivity index (χ1) is 10.4. The number of nitrogens with one attached hydrogen (secondary N) is 1. The predicted octanol–water partition coefficient (Wildman–Crippen LogP) is 3.84. The minimum Gasteiger partial charge on any atom is -0.489 e. The van der Waals surface area contributed by atoms with Crippen LogP contribution in [0.3, 0.4) is 0 Å². The van der Waals surface area contributed by atoms with Crippen molar-refractivity contribution in [2.24, 2.45) is 0 Å². The van der Waals surface area contributed by atoms with Crippen LogP contribution in [0.2, 0.25) is 0 Å². The van der Waals surface area contributed by atoms with E-state index in [2.05, 4.69) is 5.32 Å². The number of benzene rings is 2. The number of ketones is 1. The molecule has 3 heteroatoms. The molecule has 0 heterocycles. The van der Waals surface area contributed by atoms with Gasteiger partial charge in [-0.15, -0.1) is 0 Å². The van der Waals surface area contributed by atoms with Gasteiger partial charge in [-0.3, -0.25) is 4.79 Å². The molecular formula is C19H23NO2. The van der Waals surface area contributed by atoms with Crippen molar-refractivity contribution < 1.29 is 9.53 Å². The molecule has 0 fully saturated rings. The van der Waals surface area contributed by atoms with Gasteiger partial charge in [0.05, 0.1) is 6.54 Å². The quantitative estimate of drug-likeness (QED) is 0.823. The van der Waals surface area contributed by atoms with Crippen LogP contribution in [0.4, 0.5) is 0 Å². The SMILES string of the molecule is CC(C)(C)NCC(=O)c1ccc(OCc2ccccc2)cc1. The zero-order valence-electron chi connectivity index (χ0n) is 13.4. The standard InChI is InChI=1S/C19H23NO2/c1-19(2,3)20-13-18(21)16-9-11-17(12-10-16)22-14-15-7-5-4-6-8-15/h4-12,20H,13-14H2,1-3H3. The van der Waals surface area contributed by atoms with Gasteiger partial charge in [-0.05, 0) is 50.6 Å². The number of carbonyl (C=O) groups excluding carboxylic acids is 1. The maximum atomic E-state index is 12.1. The zero-order valence-corrected chi connectivity index (χ0v) is 13.4. The Bertz CT molecular complexity index is 598. The van der Waals surface area contributed by atoms with Gasteiger partial charge in [0.15, 0.2) is 5.78 Å². The molecule has 116 valence electrons. The average Bonchev–Trinajstić information content (AvgIpc) is 2.51. The van der Waals surface area contributed by atoms with E-state index < -0.39 is 0 Å². The highest BCUT2D eigenvalue weighted by Gasteiger charge is 2.12. The lowest BCUT2D eigenvalue weighted by atomic mass is 10.1. The Morgan fingerprint density at radius 3 is 2.23 bits per heavy atom. The number of carbonyl (C=O) groups is 1. The number of ether oxygens (including phenoxy) is 1. The smallest absolute Gasteiger partial charge is 0.176 e. The Morgan fingerprint density at radius 2 is 1.64 bits per heavy atom. The summed E-state index contributed by atoms with van der Waals surface area (Å²) < 4.78 is 5.71. The fourth-order valence-electron chi connectivity index (χ4n) is 1.93. The second-order valence-electron chi connectivity index (χ2n) is 6.33. The summed E-state index contributed by atoms with van der Waals surface area (Å²) in [6, 6.07) is 17.3. The Balaban J connectivity index is 1.88. The molecule has 0 aliphatic carbocycles. The lowest BCUT2D eigenvalue weighted by Gasteiger charge is -2.19. The summed E-state index contributed by atoms with van der Waals surface area (Å²) in [5, 5.41) is 3.20. The molecule has 0 aliphatic rings. The zero-order chi connectivity index (χ0) is 16.0. The molecule has 0 atom stereocenters. The van der Waals surface area contributed by atoms with Crippen LogP contribution < -0.4 is 10.1 Å². The molecule has 0 spiro atoms. The van der Waals surface area contributed by atoms with Crippen molar-refractivity contribution in [1.29, 1.82) is 0 Å². The van der Waals surface area contributed by atoms with Crippen molar-refractivity contribution in [2.45, 2.75) is 32.9 Å². The fraction of sp³-hybridized carbons (Fsp3) is 0.316. The van der Waals surface area contributed by atoms with E-state index in [9.17, 15) is 4.79 Å². The van der Waals surface area contributed by atoms with Gasteiger partial charge in [0.2, 0.25) is 0 Å². The van der Waals surface area contributed by atoms with Crippen LogP contribution in [-0.2, 0) is 6.61 Å². The molecule has 0 aromatic heterocycles. The van der Waals surface area contributed by atoms with E-state index in [1.54, 1.807) is 0 Å². The summed E-state index contributed by atoms with van der Waals surface area (Å²) in [6.07, 6.45) is 0. The van der Waals surface area contributed by atoms with E-state index >= 15 is 0 Å². The third-order valence-electron chi connectivity index (χ3n) is 3.20. The van der Waals surface area contributed by atoms with E-state index in [0.29, 0.717) is 18.7 Å². The Hall–Kier alpha value is -2.13. The molecule has 0 bridgehead atoms. The topological polar surface area (TPSA) is 38.3 Å². The van der Waals surface area contributed by atoms with Crippen LogP contribution in [0.5, 0.6) is 5.75 Å². The molecule has 22 heavy (non-hydrogen) atoms. The van der Waals surface area contributed by atoms with Gasteiger partial charge in [-0.25, -0.2) is 0 Å². The van der Waals surface area contributed by atoms with Crippen LogP contribution in [-0.4, -0.2) is 17.9 Å². The molecule has 0 saturated heterocycles. The second kappa shape index (κ2) is 7.23. The Morgan fingerprint density at radius 1 is 1.00 bits per heavy atom. The molecule has 2 aromatic carbocycles. The molecule has 3 nitrogen and oxygen atoms in total. The van der Waals surface area contributed by atoms with Gasteiger partial charge in [0, 0.05) is 11.1 Å². The first-order valence-electron chi connectivity index (χ1n) is 7.49. The normalized spacial score (nSPS) is 11.2. The lowest BCUT2D eigenvalue weighted by molar-refractivity contribution is 0.0982. The summed E-state index contributed by atoms with van der Waals surface area (Å²) >= 11 is 0. The summed E-state index contributed by atoms with van der Waals surface area (Å²) in [5.41, 5.74) is 1.76. The number of Topliss-reactive ketones (excluding diaryl/α,β-unsaturated/α-hetero) is 1. The van der Waals surface area contributed by atoms with Crippen molar-refractivity contribution in [3.63, 3.8) is 0 Å². The van der Waals surface area contributed by atoms with Crippen LogP contribution in [0.1, 0.15) is 36.7 Å². The summed E-state index contributed by atoms with van der Waals surface area (Å²) in [6.45, 7) is 7.00. The van der Waals surface area contributed by atoms with Gasteiger partial charge in [-0.1, -0.05) is 30.3 Å². The van der Waals surface area contributed by atoms with Crippen molar-refractivity contribution in [2.75, 3.05) is 6.54 Å². The summed E-state index contributed by atoms with van der Waals surface area (Å²) in [7, 11) is 0. The van der Waals surface area contributed by atoms with Gasteiger partial charge in [-0.2, -0.15) is 0 Å². The fourth-order valence-corrected chi connectivity index (χ4v) is 1.93. The third-order valence-corrected chi connectivity index (χ3v) is 3.20. The average molecular weight is 297 g/mol. The lowest BCUT2D eigenvalue weighted by Crippen LogP contribution is -2.39. The van der Waals surface area contributed by atoms with Crippen LogP contribution in [0, 0.1) is 0 Å². The maximum Gasteiger partial charge on any atom is 0.176 e. The van der Waals surface area contributed by atoms with Gasteiger partial charge >= 0.3 is 0 Å². The summed E-state index contributed by atoms with van der Waals surface area (Å²) in [5.74, 6) is 0.855. The first kappa shape index (κ1) is 16.2. The van der Waals surface area contributed by atoms with Gasteiger partial charge < -0.3 is 10.1 Å².